The van der Waals surface area contributed by atoms with Crippen LogP contribution in [0, 0.1) is 5.82 Å². The maximum absolute atomic E-state index is 13.7. The first-order valence-corrected chi connectivity index (χ1v) is 6.71. The predicted octanol–water partition coefficient (Wildman–Crippen LogP) is 2.36. The van der Waals surface area contributed by atoms with E-state index in [2.05, 4.69) is 26.2 Å². The molecule has 0 aliphatic carbocycles. The summed E-state index contributed by atoms with van der Waals surface area (Å²) in [6.07, 6.45) is 1.63. The van der Waals surface area contributed by atoms with Crippen LogP contribution in [0.15, 0.2) is 33.4 Å². The Balaban J connectivity index is 2.14. The van der Waals surface area contributed by atoms with Gasteiger partial charge < -0.3 is 14.8 Å². The lowest BCUT2D eigenvalue weighted by Gasteiger charge is -2.00. The number of hydrogen-bond donors (Lipinski definition) is 2. The number of aromatic nitrogens is 1. The van der Waals surface area contributed by atoms with Gasteiger partial charge in [-0.3, -0.25) is 4.79 Å². The van der Waals surface area contributed by atoms with E-state index < -0.39 is 11.7 Å². The second kappa shape index (κ2) is 6.62. The number of nitrogens with zero attached hydrogens (tertiary/aromatic N) is 1. The van der Waals surface area contributed by atoms with Gasteiger partial charge in [-0.15, -0.1) is 0 Å². The normalized spacial score (nSPS) is 10.6. The summed E-state index contributed by atoms with van der Waals surface area (Å²) in [4.78, 5) is 15.6. The van der Waals surface area contributed by atoms with Crippen LogP contribution in [0.4, 0.5) is 4.39 Å². The van der Waals surface area contributed by atoms with Crippen molar-refractivity contribution in [3.8, 4) is 11.5 Å². The standard InChI is InChI=1S/C13H12BrFN2O3/c14-8-2-3-9(10(15)6-8)13-17-11(7-20-13)12(19)16-4-1-5-18/h2-3,6-7,18H,1,4-5H2,(H,16,19). The molecule has 1 amide bonds. The number of oxazole rings is 1. The van der Waals surface area contributed by atoms with Gasteiger partial charge in [0.05, 0.1) is 5.56 Å². The zero-order valence-corrected chi connectivity index (χ0v) is 12.0. The van der Waals surface area contributed by atoms with E-state index in [0.29, 0.717) is 17.4 Å². The minimum Gasteiger partial charge on any atom is -0.444 e. The van der Waals surface area contributed by atoms with Crippen molar-refractivity contribution in [1.29, 1.82) is 0 Å². The molecular formula is C13H12BrFN2O3. The zero-order valence-electron chi connectivity index (χ0n) is 10.4. The lowest BCUT2D eigenvalue weighted by atomic mass is 10.2. The van der Waals surface area contributed by atoms with Crippen molar-refractivity contribution in [1.82, 2.24) is 10.3 Å². The highest BCUT2D eigenvalue weighted by molar-refractivity contribution is 9.10. The summed E-state index contributed by atoms with van der Waals surface area (Å²) in [6, 6.07) is 4.46. The lowest BCUT2D eigenvalue weighted by molar-refractivity contribution is 0.0946. The molecule has 2 aromatic rings. The first kappa shape index (κ1) is 14.7. The van der Waals surface area contributed by atoms with Gasteiger partial charge in [0.25, 0.3) is 5.91 Å². The number of hydrogen-bond acceptors (Lipinski definition) is 4. The molecule has 0 aliphatic rings. The minimum absolute atomic E-state index is 0.00551. The first-order valence-electron chi connectivity index (χ1n) is 5.92. The van der Waals surface area contributed by atoms with Crippen LogP contribution in [-0.2, 0) is 0 Å². The average Bonchev–Trinajstić information content (AvgIpc) is 2.88. The van der Waals surface area contributed by atoms with E-state index in [0.717, 1.165) is 0 Å². The number of amides is 1. The van der Waals surface area contributed by atoms with Crippen LogP contribution < -0.4 is 5.32 Å². The summed E-state index contributed by atoms with van der Waals surface area (Å²) < 4.78 is 19.5. The van der Waals surface area contributed by atoms with Crippen LogP contribution in [0.25, 0.3) is 11.5 Å². The molecule has 0 aliphatic heterocycles. The van der Waals surface area contributed by atoms with E-state index in [1.54, 1.807) is 6.07 Å². The Bertz CT molecular complexity index is 615. The minimum atomic E-state index is -0.492. The molecule has 0 radical (unpaired) electrons. The van der Waals surface area contributed by atoms with Crippen LogP contribution in [0.3, 0.4) is 0 Å². The van der Waals surface area contributed by atoms with Crippen LogP contribution in [0.2, 0.25) is 0 Å². The van der Waals surface area contributed by atoms with Gasteiger partial charge in [0.15, 0.2) is 5.69 Å². The molecule has 1 heterocycles. The molecule has 2 N–H and O–H groups in total. The Morgan fingerprint density at radius 2 is 2.30 bits per heavy atom. The number of rotatable bonds is 5. The maximum atomic E-state index is 13.7. The molecule has 5 nitrogen and oxygen atoms in total. The number of aliphatic hydroxyl groups excluding tert-OH is 1. The van der Waals surface area contributed by atoms with Crippen LogP contribution >= 0.6 is 15.9 Å². The molecule has 106 valence electrons. The van der Waals surface area contributed by atoms with Crippen molar-refractivity contribution in [2.45, 2.75) is 6.42 Å². The third-order valence-corrected chi connectivity index (χ3v) is 3.01. The third kappa shape index (κ3) is 3.43. The highest BCUT2D eigenvalue weighted by Gasteiger charge is 2.15. The van der Waals surface area contributed by atoms with Crippen molar-refractivity contribution in [2.75, 3.05) is 13.2 Å². The van der Waals surface area contributed by atoms with E-state index in [-0.39, 0.29) is 23.8 Å². The fraction of sp³-hybridized carbons (Fsp3) is 0.231. The molecule has 0 atom stereocenters. The van der Waals surface area contributed by atoms with Gasteiger partial charge >= 0.3 is 0 Å². The molecule has 0 saturated carbocycles. The summed E-state index contributed by atoms with van der Waals surface area (Å²) in [5, 5.41) is 11.2. The summed E-state index contributed by atoms with van der Waals surface area (Å²) in [5.41, 5.74) is 0.253. The summed E-state index contributed by atoms with van der Waals surface area (Å²) in [6.45, 7) is 0.332. The van der Waals surface area contributed by atoms with Crippen LogP contribution in [-0.4, -0.2) is 29.1 Å². The molecule has 0 saturated heterocycles. The van der Waals surface area contributed by atoms with Crippen molar-refractivity contribution in [3.05, 3.63) is 40.4 Å². The third-order valence-electron chi connectivity index (χ3n) is 2.52. The number of nitrogens with one attached hydrogen (secondary N) is 1. The highest BCUT2D eigenvalue weighted by Crippen LogP contribution is 2.24. The maximum Gasteiger partial charge on any atom is 0.273 e. The first-order chi connectivity index (χ1) is 9.61. The van der Waals surface area contributed by atoms with Crippen LogP contribution in [0.1, 0.15) is 16.9 Å². The summed E-state index contributed by atoms with van der Waals surface area (Å²) >= 11 is 3.16. The van der Waals surface area contributed by atoms with Crippen molar-refractivity contribution in [2.24, 2.45) is 0 Å². The Morgan fingerprint density at radius 1 is 1.50 bits per heavy atom. The van der Waals surface area contributed by atoms with E-state index in [1.807, 2.05) is 0 Å². The topological polar surface area (TPSA) is 75.4 Å². The van der Waals surface area contributed by atoms with Gasteiger partial charge in [-0.2, -0.15) is 0 Å². The largest absolute Gasteiger partial charge is 0.444 e. The molecule has 7 heteroatoms. The molecule has 20 heavy (non-hydrogen) atoms. The van der Waals surface area contributed by atoms with Gasteiger partial charge in [-0.1, -0.05) is 15.9 Å². The SMILES string of the molecule is O=C(NCCCO)c1coc(-c2ccc(Br)cc2F)n1. The van der Waals surface area contributed by atoms with Gasteiger partial charge in [0, 0.05) is 17.6 Å². The Hall–Kier alpha value is -1.73. The van der Waals surface area contributed by atoms with Crippen molar-refractivity contribution < 1.29 is 18.7 Å². The Kier molecular flexibility index (Phi) is 4.86. The van der Waals surface area contributed by atoms with Gasteiger partial charge in [-0.25, -0.2) is 9.37 Å². The van der Waals surface area contributed by atoms with Gasteiger partial charge in [-0.05, 0) is 24.6 Å². The summed E-state index contributed by atoms with van der Waals surface area (Å²) in [7, 11) is 0. The van der Waals surface area contributed by atoms with E-state index in [9.17, 15) is 9.18 Å². The second-order valence-electron chi connectivity index (χ2n) is 4.00. The Morgan fingerprint density at radius 3 is 3.00 bits per heavy atom. The fourth-order valence-corrected chi connectivity index (χ4v) is 1.87. The average molecular weight is 343 g/mol. The molecular weight excluding hydrogens is 331 g/mol. The molecule has 0 spiro atoms. The summed E-state index contributed by atoms with van der Waals surface area (Å²) in [5.74, 6) is -0.873. The smallest absolute Gasteiger partial charge is 0.273 e. The fourth-order valence-electron chi connectivity index (χ4n) is 1.54. The van der Waals surface area contributed by atoms with Gasteiger partial charge in [0.2, 0.25) is 5.89 Å². The molecule has 0 fully saturated rings. The zero-order chi connectivity index (χ0) is 14.5. The molecule has 0 unspecified atom stereocenters. The van der Waals surface area contributed by atoms with E-state index in [1.165, 1.54) is 18.4 Å². The number of benzene rings is 1. The predicted molar refractivity (Wildman–Crippen MR) is 73.6 cm³/mol. The number of carbonyl (C=O) groups is 1. The van der Waals surface area contributed by atoms with Gasteiger partial charge in [0.1, 0.15) is 12.1 Å². The number of aliphatic hydroxyl groups is 1. The molecule has 1 aromatic heterocycles. The van der Waals surface area contributed by atoms with Crippen molar-refractivity contribution >= 4 is 21.8 Å². The van der Waals surface area contributed by atoms with Crippen LogP contribution in [0.5, 0.6) is 0 Å². The second-order valence-corrected chi connectivity index (χ2v) is 4.91. The van der Waals surface area contributed by atoms with Crippen molar-refractivity contribution in [3.63, 3.8) is 0 Å². The molecule has 0 bridgehead atoms. The Labute approximate surface area is 123 Å². The number of carbonyl (C=O) groups excluding carboxylic acids is 1. The monoisotopic (exact) mass is 342 g/mol. The lowest BCUT2D eigenvalue weighted by Crippen LogP contribution is -2.25. The van der Waals surface area contributed by atoms with E-state index >= 15 is 0 Å². The highest BCUT2D eigenvalue weighted by atomic mass is 79.9. The molecule has 2 rings (SSSR count). The van der Waals surface area contributed by atoms with E-state index in [4.69, 9.17) is 9.52 Å². The number of halogens is 2. The molecule has 1 aromatic carbocycles. The quantitative estimate of drug-likeness (QED) is 0.818.